The molecule has 1 fully saturated rings. The van der Waals surface area contributed by atoms with E-state index >= 15 is 0 Å². The summed E-state index contributed by atoms with van der Waals surface area (Å²) in [5.41, 5.74) is -1.33. The average Bonchev–Trinajstić information content (AvgIpc) is 1.93. The van der Waals surface area contributed by atoms with Crippen LogP contribution in [0.25, 0.3) is 0 Å². The molecular formula is C6H9FO5S. The lowest BCUT2D eigenvalue weighted by Crippen LogP contribution is -2.53. The van der Waals surface area contributed by atoms with E-state index in [-0.39, 0.29) is 13.2 Å². The van der Waals surface area contributed by atoms with Crippen molar-refractivity contribution in [1.82, 2.24) is 0 Å². The standard InChI is InChI=1S/C6H9FO5S/c1-11-5(8)6(2-12-3-6)4-13(7,9)10/h2-4H2,1H3. The van der Waals surface area contributed by atoms with Crippen molar-refractivity contribution < 1.29 is 26.6 Å². The molecule has 76 valence electrons. The molecule has 7 heteroatoms. The second-order valence-corrected chi connectivity index (χ2v) is 4.31. The number of halogens is 1. The Morgan fingerprint density at radius 3 is 2.38 bits per heavy atom. The fourth-order valence-electron chi connectivity index (χ4n) is 1.16. The summed E-state index contributed by atoms with van der Waals surface area (Å²) in [5.74, 6) is -1.62. The zero-order valence-corrected chi connectivity index (χ0v) is 7.77. The second-order valence-electron chi connectivity index (χ2n) is 2.95. The first kappa shape index (κ1) is 10.4. The Morgan fingerprint density at radius 2 is 2.15 bits per heavy atom. The summed E-state index contributed by atoms with van der Waals surface area (Å²) in [7, 11) is -3.56. The molecule has 1 rings (SSSR count). The molecular weight excluding hydrogens is 203 g/mol. The van der Waals surface area contributed by atoms with Crippen LogP contribution in [0, 0.1) is 5.41 Å². The van der Waals surface area contributed by atoms with Crippen LogP contribution in [0.4, 0.5) is 3.89 Å². The maximum Gasteiger partial charge on any atom is 0.317 e. The lowest BCUT2D eigenvalue weighted by atomic mass is 9.89. The summed E-state index contributed by atoms with van der Waals surface area (Å²) in [6.07, 6.45) is 0. The van der Waals surface area contributed by atoms with Crippen LogP contribution in [-0.2, 0) is 24.5 Å². The number of carbonyl (C=O) groups is 1. The first-order valence-electron chi connectivity index (χ1n) is 3.48. The summed E-state index contributed by atoms with van der Waals surface area (Å²) < 4.78 is 42.0. The van der Waals surface area contributed by atoms with Crippen LogP contribution >= 0.6 is 0 Å². The van der Waals surface area contributed by atoms with Gasteiger partial charge in [-0.2, -0.15) is 8.42 Å². The molecule has 5 nitrogen and oxygen atoms in total. The van der Waals surface area contributed by atoms with Crippen molar-refractivity contribution in [1.29, 1.82) is 0 Å². The summed E-state index contributed by atoms with van der Waals surface area (Å²) in [6.45, 7) is -0.217. The number of hydrogen-bond acceptors (Lipinski definition) is 5. The van der Waals surface area contributed by atoms with Crippen molar-refractivity contribution in [3.63, 3.8) is 0 Å². The van der Waals surface area contributed by atoms with Gasteiger partial charge in [0.25, 0.3) is 0 Å². The number of rotatable bonds is 3. The SMILES string of the molecule is COC(=O)C1(CS(=O)(=O)F)COC1. The zero-order valence-electron chi connectivity index (χ0n) is 6.95. The van der Waals surface area contributed by atoms with Gasteiger partial charge in [0, 0.05) is 0 Å². The van der Waals surface area contributed by atoms with Crippen molar-refractivity contribution in [3.05, 3.63) is 0 Å². The highest BCUT2D eigenvalue weighted by molar-refractivity contribution is 7.86. The number of hydrogen-bond donors (Lipinski definition) is 0. The van der Waals surface area contributed by atoms with E-state index in [9.17, 15) is 17.1 Å². The quantitative estimate of drug-likeness (QED) is 0.465. The van der Waals surface area contributed by atoms with Gasteiger partial charge in [-0.3, -0.25) is 4.79 Å². The fraction of sp³-hybridized carbons (Fsp3) is 0.833. The van der Waals surface area contributed by atoms with Gasteiger partial charge in [0.2, 0.25) is 0 Å². The van der Waals surface area contributed by atoms with E-state index in [4.69, 9.17) is 0 Å². The van der Waals surface area contributed by atoms with Gasteiger partial charge >= 0.3 is 16.2 Å². The van der Waals surface area contributed by atoms with Crippen LogP contribution in [-0.4, -0.2) is 40.5 Å². The molecule has 1 heterocycles. The molecule has 0 aliphatic carbocycles. The average molecular weight is 212 g/mol. The summed E-state index contributed by atoms with van der Waals surface area (Å²) in [4.78, 5) is 11.1. The third kappa shape index (κ3) is 2.16. The third-order valence-corrected chi connectivity index (χ3v) is 2.72. The van der Waals surface area contributed by atoms with Crippen LogP contribution < -0.4 is 0 Å². The van der Waals surface area contributed by atoms with Gasteiger partial charge in [0.15, 0.2) is 0 Å². The van der Waals surface area contributed by atoms with Crippen molar-refractivity contribution in [2.75, 3.05) is 26.1 Å². The fourth-order valence-corrected chi connectivity index (χ4v) is 2.10. The number of methoxy groups -OCH3 is 1. The molecule has 0 aromatic carbocycles. The Kier molecular flexibility index (Phi) is 2.58. The van der Waals surface area contributed by atoms with Crippen molar-refractivity contribution in [2.45, 2.75) is 0 Å². The van der Waals surface area contributed by atoms with Crippen LogP contribution in [0.5, 0.6) is 0 Å². The predicted octanol–water partition coefficient (Wildman–Crippen LogP) is -0.525. The Labute approximate surface area is 75.0 Å². The Hall–Kier alpha value is -0.690. The molecule has 0 unspecified atom stereocenters. The first-order chi connectivity index (χ1) is 5.90. The maximum atomic E-state index is 12.3. The lowest BCUT2D eigenvalue weighted by molar-refractivity contribution is -0.178. The molecule has 0 bridgehead atoms. The predicted molar refractivity (Wildman–Crippen MR) is 40.2 cm³/mol. The molecule has 1 saturated heterocycles. The van der Waals surface area contributed by atoms with Gasteiger partial charge in [-0.15, -0.1) is 3.89 Å². The number of esters is 1. The van der Waals surface area contributed by atoms with E-state index in [1.165, 1.54) is 0 Å². The topological polar surface area (TPSA) is 69.7 Å². The summed E-state index contributed by atoms with van der Waals surface area (Å²) in [5, 5.41) is 0. The highest BCUT2D eigenvalue weighted by Gasteiger charge is 2.50. The Bertz CT molecular complexity index is 305. The molecule has 13 heavy (non-hydrogen) atoms. The molecule has 0 saturated carbocycles. The van der Waals surface area contributed by atoms with E-state index in [0.717, 1.165) is 7.11 Å². The van der Waals surface area contributed by atoms with Crippen LogP contribution in [0.1, 0.15) is 0 Å². The van der Waals surface area contributed by atoms with Crippen LogP contribution in [0.15, 0.2) is 0 Å². The Balaban J connectivity index is 2.77. The Morgan fingerprint density at radius 1 is 1.62 bits per heavy atom. The molecule has 1 aliphatic rings. The van der Waals surface area contributed by atoms with Gasteiger partial charge in [-0.25, -0.2) is 0 Å². The maximum absolute atomic E-state index is 12.3. The molecule has 0 aromatic rings. The molecule has 0 N–H and O–H groups in total. The molecule has 1 aliphatic heterocycles. The van der Waals surface area contributed by atoms with E-state index in [0.29, 0.717) is 0 Å². The monoisotopic (exact) mass is 212 g/mol. The molecule has 0 amide bonds. The van der Waals surface area contributed by atoms with Crippen LogP contribution in [0.3, 0.4) is 0 Å². The third-order valence-electron chi connectivity index (χ3n) is 1.82. The van der Waals surface area contributed by atoms with Crippen molar-refractivity contribution in [2.24, 2.45) is 5.41 Å². The largest absolute Gasteiger partial charge is 0.468 e. The lowest BCUT2D eigenvalue weighted by Gasteiger charge is -2.36. The van der Waals surface area contributed by atoms with Gasteiger partial charge in [0.05, 0.1) is 20.3 Å². The number of carbonyl (C=O) groups excluding carboxylic acids is 1. The summed E-state index contributed by atoms with van der Waals surface area (Å²) in [6, 6.07) is 0. The molecule has 0 atom stereocenters. The van der Waals surface area contributed by atoms with Gasteiger partial charge in [-0.1, -0.05) is 0 Å². The van der Waals surface area contributed by atoms with E-state index in [1.54, 1.807) is 0 Å². The summed E-state index contributed by atoms with van der Waals surface area (Å²) >= 11 is 0. The number of ether oxygens (including phenoxy) is 2. The van der Waals surface area contributed by atoms with Gasteiger partial charge in [-0.05, 0) is 0 Å². The molecule has 0 aromatic heterocycles. The highest BCUT2D eigenvalue weighted by Crippen LogP contribution is 2.31. The van der Waals surface area contributed by atoms with E-state index < -0.39 is 27.4 Å². The zero-order chi connectivity index (χ0) is 10.1. The molecule has 0 radical (unpaired) electrons. The molecule has 0 spiro atoms. The first-order valence-corrected chi connectivity index (χ1v) is 5.03. The second kappa shape index (κ2) is 3.22. The minimum atomic E-state index is -4.68. The highest BCUT2D eigenvalue weighted by atomic mass is 32.3. The minimum Gasteiger partial charge on any atom is -0.468 e. The van der Waals surface area contributed by atoms with E-state index in [2.05, 4.69) is 9.47 Å². The smallest absolute Gasteiger partial charge is 0.317 e. The normalized spacial score (nSPS) is 20.5. The van der Waals surface area contributed by atoms with Gasteiger partial charge in [0.1, 0.15) is 11.2 Å². The van der Waals surface area contributed by atoms with E-state index in [1.807, 2.05) is 0 Å². The minimum absolute atomic E-state index is 0.108. The van der Waals surface area contributed by atoms with Crippen LogP contribution in [0.2, 0.25) is 0 Å². The van der Waals surface area contributed by atoms with Gasteiger partial charge < -0.3 is 9.47 Å². The van der Waals surface area contributed by atoms with Crippen molar-refractivity contribution in [3.8, 4) is 0 Å². The van der Waals surface area contributed by atoms with Crippen molar-refractivity contribution >= 4 is 16.2 Å².